The highest BCUT2D eigenvalue weighted by atomic mass is 16.1. The number of hydrogen-bond acceptors (Lipinski definition) is 5. The number of nitrogens with zero attached hydrogens (tertiary/aromatic N) is 2. The molecule has 0 spiro atoms. The summed E-state index contributed by atoms with van der Waals surface area (Å²) in [7, 11) is 0. The van der Waals surface area contributed by atoms with Gasteiger partial charge in [0.1, 0.15) is 5.82 Å². The van der Waals surface area contributed by atoms with Crippen LogP contribution in [0.3, 0.4) is 0 Å². The molecule has 1 amide bonds. The van der Waals surface area contributed by atoms with Gasteiger partial charge >= 0.3 is 0 Å². The number of aromatic amines is 1. The van der Waals surface area contributed by atoms with Crippen molar-refractivity contribution in [2.24, 2.45) is 11.7 Å². The average Bonchev–Trinajstić information content (AvgIpc) is 3.07. The van der Waals surface area contributed by atoms with Crippen molar-refractivity contribution in [1.29, 1.82) is 0 Å². The minimum absolute atomic E-state index is 0.0672. The first-order chi connectivity index (χ1) is 13.6. The Morgan fingerprint density at radius 3 is 2.96 bits per heavy atom. The average molecular weight is 374 g/mol. The number of rotatable bonds is 7. The lowest BCUT2D eigenvalue weighted by Gasteiger charge is -2.34. The fraction of sp³-hybridized carbons (Fsp3) is 0.286. The van der Waals surface area contributed by atoms with Gasteiger partial charge in [-0.05, 0) is 30.9 Å². The first-order valence-electron chi connectivity index (χ1n) is 9.32. The molecule has 1 fully saturated rings. The van der Waals surface area contributed by atoms with Crippen LogP contribution >= 0.6 is 0 Å². The minimum atomic E-state index is -0.252. The number of primary amides is 1. The molecule has 3 aromatic rings. The number of para-hydroxylation sites is 1. The summed E-state index contributed by atoms with van der Waals surface area (Å²) < 4.78 is 0. The van der Waals surface area contributed by atoms with Gasteiger partial charge in [-0.3, -0.25) is 4.79 Å². The van der Waals surface area contributed by atoms with Gasteiger partial charge in [-0.2, -0.15) is 4.98 Å². The number of nitrogens with one attached hydrogen (secondary N) is 3. The van der Waals surface area contributed by atoms with Crippen molar-refractivity contribution in [2.75, 3.05) is 17.2 Å². The second-order valence-electron chi connectivity index (χ2n) is 7.05. The van der Waals surface area contributed by atoms with Crippen LogP contribution in [-0.4, -0.2) is 33.4 Å². The summed E-state index contributed by atoms with van der Waals surface area (Å²) in [5.41, 5.74) is 8.30. The van der Waals surface area contributed by atoms with Gasteiger partial charge in [0.05, 0.1) is 11.8 Å². The summed E-state index contributed by atoms with van der Waals surface area (Å²) in [5, 5.41) is 7.79. The summed E-state index contributed by atoms with van der Waals surface area (Å²) in [6.07, 6.45) is 11.5. The quantitative estimate of drug-likeness (QED) is 0.475. The van der Waals surface area contributed by atoms with Crippen LogP contribution < -0.4 is 16.4 Å². The van der Waals surface area contributed by atoms with Crippen LogP contribution in [0.5, 0.6) is 0 Å². The summed E-state index contributed by atoms with van der Waals surface area (Å²) >= 11 is 0. The molecule has 1 aliphatic rings. The molecule has 7 nitrogen and oxygen atoms in total. The Hall–Kier alpha value is -3.53. The molecular formula is C21H22N6O. The van der Waals surface area contributed by atoms with Gasteiger partial charge < -0.3 is 21.4 Å². The Morgan fingerprint density at radius 2 is 2.18 bits per heavy atom. The highest BCUT2D eigenvalue weighted by molar-refractivity contribution is 5.83. The lowest BCUT2D eigenvalue weighted by atomic mass is 9.80. The van der Waals surface area contributed by atoms with Gasteiger partial charge in [-0.25, -0.2) is 4.98 Å². The molecule has 2 heterocycles. The Balaban J connectivity index is 1.38. The van der Waals surface area contributed by atoms with Gasteiger partial charge in [-0.1, -0.05) is 24.1 Å². The Labute approximate surface area is 163 Å². The molecule has 142 valence electrons. The Kier molecular flexibility index (Phi) is 4.85. The Morgan fingerprint density at radius 1 is 1.36 bits per heavy atom. The molecule has 5 N–H and O–H groups in total. The summed E-state index contributed by atoms with van der Waals surface area (Å²) in [6.45, 7) is 0.698. The third-order valence-corrected chi connectivity index (χ3v) is 5.18. The molecule has 0 radical (unpaired) electrons. The summed E-state index contributed by atoms with van der Waals surface area (Å²) in [6, 6.07) is 8.38. The number of fused-ring (bicyclic) bond motifs is 1. The predicted molar refractivity (Wildman–Crippen MR) is 110 cm³/mol. The molecule has 1 saturated carbocycles. The molecule has 0 aliphatic heterocycles. The molecule has 0 unspecified atom stereocenters. The van der Waals surface area contributed by atoms with Gasteiger partial charge in [-0.15, -0.1) is 6.42 Å². The largest absolute Gasteiger partial charge is 0.369 e. The summed E-state index contributed by atoms with van der Waals surface area (Å²) in [4.78, 5) is 23.3. The van der Waals surface area contributed by atoms with E-state index in [2.05, 4.69) is 43.6 Å². The predicted octanol–water partition coefficient (Wildman–Crippen LogP) is 2.27. The van der Waals surface area contributed by atoms with Crippen molar-refractivity contribution in [3.8, 4) is 12.3 Å². The number of anilines is 2. The van der Waals surface area contributed by atoms with Crippen LogP contribution in [0.2, 0.25) is 0 Å². The zero-order chi connectivity index (χ0) is 19.5. The fourth-order valence-electron chi connectivity index (χ4n) is 3.49. The van der Waals surface area contributed by atoms with E-state index in [1.807, 2.05) is 18.3 Å². The van der Waals surface area contributed by atoms with E-state index in [9.17, 15) is 4.79 Å². The number of carbonyl (C=O) groups is 1. The molecule has 1 aliphatic carbocycles. The van der Waals surface area contributed by atoms with E-state index in [4.69, 9.17) is 12.2 Å². The highest BCUT2D eigenvalue weighted by Gasteiger charge is 2.33. The lowest BCUT2D eigenvalue weighted by molar-refractivity contribution is -0.124. The number of carbonyl (C=O) groups excluding carboxylic acids is 1. The third-order valence-electron chi connectivity index (χ3n) is 5.18. The number of terminal acetylenes is 1. The van der Waals surface area contributed by atoms with Gasteiger partial charge in [0, 0.05) is 35.6 Å². The molecule has 1 aromatic carbocycles. The molecule has 28 heavy (non-hydrogen) atoms. The minimum Gasteiger partial charge on any atom is -0.369 e. The molecular weight excluding hydrogens is 352 g/mol. The van der Waals surface area contributed by atoms with E-state index in [-0.39, 0.29) is 17.9 Å². The molecule has 0 atom stereocenters. The van der Waals surface area contributed by atoms with Crippen molar-refractivity contribution in [3.63, 3.8) is 0 Å². The highest BCUT2D eigenvalue weighted by Crippen LogP contribution is 2.30. The lowest BCUT2D eigenvalue weighted by Crippen LogP contribution is -2.42. The van der Waals surface area contributed by atoms with Crippen molar-refractivity contribution in [3.05, 3.63) is 47.8 Å². The van der Waals surface area contributed by atoms with E-state index < -0.39 is 0 Å². The fourth-order valence-corrected chi connectivity index (χ4v) is 3.49. The van der Waals surface area contributed by atoms with Crippen LogP contribution in [0.15, 0.2) is 36.7 Å². The van der Waals surface area contributed by atoms with Gasteiger partial charge in [0.25, 0.3) is 0 Å². The van der Waals surface area contributed by atoms with E-state index in [0.29, 0.717) is 36.7 Å². The molecule has 0 bridgehead atoms. The van der Waals surface area contributed by atoms with E-state index in [1.54, 1.807) is 6.20 Å². The topological polar surface area (TPSA) is 109 Å². The van der Waals surface area contributed by atoms with Crippen molar-refractivity contribution in [1.82, 2.24) is 15.0 Å². The zero-order valence-electron chi connectivity index (χ0n) is 15.4. The van der Waals surface area contributed by atoms with Crippen molar-refractivity contribution in [2.45, 2.75) is 25.3 Å². The van der Waals surface area contributed by atoms with Crippen LogP contribution in [0.4, 0.5) is 11.8 Å². The number of aromatic nitrogens is 3. The second kappa shape index (κ2) is 7.61. The number of benzene rings is 1. The summed E-state index contributed by atoms with van der Waals surface area (Å²) in [5.74, 6) is 3.41. The second-order valence-corrected chi connectivity index (χ2v) is 7.05. The smallest absolute Gasteiger partial charge is 0.224 e. The van der Waals surface area contributed by atoms with Crippen molar-refractivity contribution >= 4 is 28.6 Å². The number of nitrogens with two attached hydrogens (primary N) is 1. The maximum Gasteiger partial charge on any atom is 0.224 e. The first kappa shape index (κ1) is 17.9. The van der Waals surface area contributed by atoms with Crippen LogP contribution in [-0.2, 0) is 11.2 Å². The molecule has 2 aromatic heterocycles. The van der Waals surface area contributed by atoms with Crippen LogP contribution in [0.25, 0.3) is 10.9 Å². The number of H-pyrrole nitrogens is 1. The maximum absolute atomic E-state index is 11.2. The maximum atomic E-state index is 11.2. The third kappa shape index (κ3) is 3.62. The van der Waals surface area contributed by atoms with Crippen LogP contribution in [0.1, 0.15) is 24.0 Å². The van der Waals surface area contributed by atoms with Crippen molar-refractivity contribution < 1.29 is 4.79 Å². The van der Waals surface area contributed by atoms with Gasteiger partial charge in [0.2, 0.25) is 11.9 Å². The molecule has 7 heteroatoms. The first-order valence-corrected chi connectivity index (χ1v) is 9.32. The van der Waals surface area contributed by atoms with Crippen LogP contribution in [0, 0.1) is 18.3 Å². The number of hydrogen-bond donors (Lipinski definition) is 4. The van der Waals surface area contributed by atoms with E-state index in [1.165, 1.54) is 10.9 Å². The number of amides is 1. The Bertz CT molecular complexity index is 1040. The monoisotopic (exact) mass is 374 g/mol. The molecule has 0 saturated heterocycles. The van der Waals surface area contributed by atoms with E-state index >= 15 is 0 Å². The standard InChI is InChI=1S/C21H22N6O/c1-2-13-11-25-21(27-20(13)26-16-9-15(10-16)19(22)28)23-8-7-14-12-24-18-6-4-3-5-17(14)18/h1,3-6,11-12,15-16,24H,7-10H2,(H2,22,28)(H2,23,25,26,27). The van der Waals surface area contributed by atoms with Gasteiger partial charge in [0.15, 0.2) is 0 Å². The SMILES string of the molecule is C#Cc1cnc(NCCc2c[nH]c3ccccc23)nc1NC1CC(C(N)=O)C1. The normalized spacial score (nSPS) is 18.2. The zero-order valence-corrected chi connectivity index (χ0v) is 15.4. The van der Waals surface area contributed by atoms with E-state index in [0.717, 1.165) is 11.9 Å². The molecule has 4 rings (SSSR count).